The molecule has 4 nitrogen and oxygen atoms in total. The van der Waals surface area contributed by atoms with Crippen LogP contribution >= 0.6 is 0 Å². The summed E-state index contributed by atoms with van der Waals surface area (Å²) in [5.74, 6) is 0.472. The zero-order chi connectivity index (χ0) is 12.7. The Labute approximate surface area is 102 Å². The molecule has 0 unspecified atom stereocenters. The third kappa shape index (κ3) is 4.68. The zero-order valence-corrected chi connectivity index (χ0v) is 10.5. The number of hydrogen-bond acceptors (Lipinski definition) is 3. The number of ether oxygens (including phenoxy) is 1. The van der Waals surface area contributed by atoms with Gasteiger partial charge in [0.15, 0.2) is 6.61 Å². The summed E-state index contributed by atoms with van der Waals surface area (Å²) < 4.78 is 5.40. The van der Waals surface area contributed by atoms with E-state index in [-0.39, 0.29) is 12.5 Å². The quantitative estimate of drug-likeness (QED) is 0.627. The summed E-state index contributed by atoms with van der Waals surface area (Å²) in [6, 6.07) is 5.84. The lowest BCUT2D eigenvalue weighted by Crippen LogP contribution is -2.24. The summed E-state index contributed by atoms with van der Waals surface area (Å²) in [4.78, 5) is 11.3. The van der Waals surface area contributed by atoms with Gasteiger partial charge < -0.3 is 4.74 Å². The van der Waals surface area contributed by atoms with E-state index in [0.29, 0.717) is 0 Å². The number of carbonyl (C=O) groups is 1. The van der Waals surface area contributed by atoms with Gasteiger partial charge in [0, 0.05) is 6.21 Å². The smallest absolute Gasteiger partial charge is 0.277 e. The summed E-state index contributed by atoms with van der Waals surface area (Å²) in [5.41, 5.74) is 4.59. The molecule has 0 bridgehead atoms. The fraction of sp³-hybridized carbons (Fsp3) is 0.385. The Balaban J connectivity index is 2.44. The van der Waals surface area contributed by atoms with Crippen LogP contribution in [-0.4, -0.2) is 18.7 Å². The van der Waals surface area contributed by atoms with Crippen molar-refractivity contribution in [2.24, 2.45) is 5.10 Å². The highest BCUT2D eigenvalue weighted by atomic mass is 16.5. The first kappa shape index (κ1) is 13.2. The highest BCUT2D eigenvalue weighted by Gasteiger charge is 2.03. The van der Waals surface area contributed by atoms with Crippen LogP contribution in [0.1, 0.15) is 24.5 Å². The highest BCUT2D eigenvalue weighted by molar-refractivity contribution is 5.78. The molecule has 0 aliphatic heterocycles. The topological polar surface area (TPSA) is 50.7 Å². The second-order valence-electron chi connectivity index (χ2n) is 3.81. The van der Waals surface area contributed by atoms with E-state index in [0.717, 1.165) is 17.7 Å². The first-order valence-corrected chi connectivity index (χ1v) is 5.64. The average molecular weight is 234 g/mol. The highest BCUT2D eigenvalue weighted by Crippen LogP contribution is 2.18. The van der Waals surface area contributed by atoms with Gasteiger partial charge in [-0.05, 0) is 31.9 Å². The van der Waals surface area contributed by atoms with E-state index in [1.165, 1.54) is 5.56 Å². The number of aryl methyl sites for hydroxylation is 2. The third-order valence-corrected chi connectivity index (χ3v) is 2.15. The lowest BCUT2D eigenvalue weighted by Gasteiger charge is -2.08. The number of carbonyl (C=O) groups excluding carboxylic acids is 1. The van der Waals surface area contributed by atoms with E-state index >= 15 is 0 Å². The van der Waals surface area contributed by atoms with Gasteiger partial charge in [-0.2, -0.15) is 5.10 Å². The Bertz CT molecular complexity index is 414. The van der Waals surface area contributed by atoms with Gasteiger partial charge in [0.1, 0.15) is 5.75 Å². The van der Waals surface area contributed by atoms with Gasteiger partial charge >= 0.3 is 0 Å². The fourth-order valence-corrected chi connectivity index (χ4v) is 1.35. The number of hydrazone groups is 1. The van der Waals surface area contributed by atoms with Crippen molar-refractivity contribution in [1.29, 1.82) is 0 Å². The molecule has 0 aliphatic rings. The second-order valence-corrected chi connectivity index (χ2v) is 3.81. The van der Waals surface area contributed by atoms with Crippen LogP contribution in [0.2, 0.25) is 0 Å². The van der Waals surface area contributed by atoms with Crippen molar-refractivity contribution in [3.05, 3.63) is 29.3 Å². The minimum atomic E-state index is -0.255. The molecule has 1 N–H and O–H groups in total. The summed E-state index contributed by atoms with van der Waals surface area (Å²) in [5, 5.41) is 3.73. The molecule has 1 aromatic rings. The Morgan fingerprint density at radius 1 is 1.47 bits per heavy atom. The predicted octanol–water partition coefficient (Wildman–Crippen LogP) is 2.19. The lowest BCUT2D eigenvalue weighted by molar-refractivity contribution is -0.123. The molecular formula is C13H18N2O2. The zero-order valence-electron chi connectivity index (χ0n) is 10.5. The fourth-order valence-electron chi connectivity index (χ4n) is 1.35. The number of hydrogen-bond donors (Lipinski definition) is 1. The summed E-state index contributed by atoms with van der Waals surface area (Å²) in [7, 11) is 0. The van der Waals surface area contributed by atoms with Crippen molar-refractivity contribution in [2.75, 3.05) is 6.61 Å². The van der Waals surface area contributed by atoms with Crippen LogP contribution in [0, 0.1) is 13.8 Å². The van der Waals surface area contributed by atoms with Crippen LogP contribution in [-0.2, 0) is 4.79 Å². The molecule has 4 heteroatoms. The van der Waals surface area contributed by atoms with Crippen LogP contribution in [0.4, 0.5) is 0 Å². The Morgan fingerprint density at radius 2 is 2.24 bits per heavy atom. The molecule has 0 aromatic heterocycles. The Hall–Kier alpha value is -1.84. The molecule has 1 aromatic carbocycles. The number of nitrogens with one attached hydrogen (secondary N) is 1. The SMILES string of the molecule is CCC=NNC(=O)COc1ccc(C)cc1C. The largest absolute Gasteiger partial charge is 0.483 e. The van der Waals surface area contributed by atoms with Crippen molar-refractivity contribution < 1.29 is 9.53 Å². The summed E-state index contributed by atoms with van der Waals surface area (Å²) in [6.07, 6.45) is 2.42. The maximum absolute atomic E-state index is 11.3. The van der Waals surface area contributed by atoms with E-state index in [1.54, 1.807) is 6.21 Å². The van der Waals surface area contributed by atoms with E-state index in [9.17, 15) is 4.79 Å². The first-order valence-electron chi connectivity index (χ1n) is 5.64. The number of nitrogens with zero attached hydrogens (tertiary/aromatic N) is 1. The molecular weight excluding hydrogens is 216 g/mol. The molecule has 0 spiro atoms. The standard InChI is InChI=1S/C13H18N2O2/c1-4-7-14-15-13(16)9-17-12-6-5-10(2)8-11(12)3/h5-8H,4,9H2,1-3H3,(H,15,16). The minimum Gasteiger partial charge on any atom is -0.483 e. The molecule has 0 saturated carbocycles. The average Bonchev–Trinajstić information content (AvgIpc) is 2.28. The first-order chi connectivity index (χ1) is 8.13. The molecule has 0 fully saturated rings. The number of amides is 1. The summed E-state index contributed by atoms with van der Waals surface area (Å²) >= 11 is 0. The van der Waals surface area contributed by atoms with Gasteiger partial charge in [-0.1, -0.05) is 24.6 Å². The van der Waals surface area contributed by atoms with Gasteiger partial charge in [0.2, 0.25) is 0 Å². The Kier molecular flexibility index (Phi) is 5.20. The molecule has 0 radical (unpaired) electrons. The van der Waals surface area contributed by atoms with E-state index in [1.807, 2.05) is 39.0 Å². The van der Waals surface area contributed by atoms with Crippen LogP contribution in [0.5, 0.6) is 5.75 Å². The van der Waals surface area contributed by atoms with Crippen molar-refractivity contribution >= 4 is 12.1 Å². The van der Waals surface area contributed by atoms with Gasteiger partial charge in [0.25, 0.3) is 5.91 Å². The molecule has 1 amide bonds. The van der Waals surface area contributed by atoms with E-state index in [2.05, 4.69) is 10.5 Å². The van der Waals surface area contributed by atoms with Crippen molar-refractivity contribution in [2.45, 2.75) is 27.2 Å². The second kappa shape index (κ2) is 6.68. The number of rotatable bonds is 5. The molecule has 92 valence electrons. The monoisotopic (exact) mass is 234 g/mol. The van der Waals surface area contributed by atoms with Crippen LogP contribution < -0.4 is 10.2 Å². The predicted molar refractivity (Wildman–Crippen MR) is 68.3 cm³/mol. The maximum atomic E-state index is 11.3. The maximum Gasteiger partial charge on any atom is 0.277 e. The van der Waals surface area contributed by atoms with Gasteiger partial charge in [-0.25, -0.2) is 5.43 Å². The minimum absolute atomic E-state index is 0.0229. The molecule has 0 aliphatic carbocycles. The van der Waals surface area contributed by atoms with E-state index in [4.69, 9.17) is 4.74 Å². The molecule has 0 atom stereocenters. The van der Waals surface area contributed by atoms with Gasteiger partial charge in [-0.3, -0.25) is 4.79 Å². The van der Waals surface area contributed by atoms with Crippen molar-refractivity contribution in [3.8, 4) is 5.75 Å². The summed E-state index contributed by atoms with van der Waals surface area (Å²) in [6.45, 7) is 5.89. The van der Waals surface area contributed by atoms with Gasteiger partial charge in [0.05, 0.1) is 0 Å². The molecule has 0 saturated heterocycles. The van der Waals surface area contributed by atoms with Crippen LogP contribution in [0.3, 0.4) is 0 Å². The lowest BCUT2D eigenvalue weighted by atomic mass is 10.1. The molecule has 0 heterocycles. The van der Waals surface area contributed by atoms with Gasteiger partial charge in [-0.15, -0.1) is 0 Å². The molecule has 1 rings (SSSR count). The third-order valence-electron chi connectivity index (χ3n) is 2.15. The van der Waals surface area contributed by atoms with Crippen molar-refractivity contribution in [1.82, 2.24) is 5.43 Å². The van der Waals surface area contributed by atoms with Crippen LogP contribution in [0.15, 0.2) is 23.3 Å². The van der Waals surface area contributed by atoms with Crippen LogP contribution in [0.25, 0.3) is 0 Å². The van der Waals surface area contributed by atoms with E-state index < -0.39 is 0 Å². The number of benzene rings is 1. The molecule has 17 heavy (non-hydrogen) atoms. The normalized spacial score (nSPS) is 10.5. The Morgan fingerprint density at radius 3 is 2.88 bits per heavy atom. The van der Waals surface area contributed by atoms with Crippen molar-refractivity contribution in [3.63, 3.8) is 0 Å².